The average Bonchev–Trinajstić information content (AvgIpc) is 2.62. The van der Waals surface area contributed by atoms with Gasteiger partial charge in [-0.2, -0.15) is 0 Å². The molecule has 2 rings (SSSR count). The van der Waals surface area contributed by atoms with Crippen LogP contribution in [-0.4, -0.2) is 55.2 Å². The molecule has 2 amide bonds. The molecular weight excluding hydrogens is 306 g/mol. The Bertz CT molecular complexity index is 536. The van der Waals surface area contributed by atoms with Crippen LogP contribution in [0, 0.1) is 5.92 Å². The molecule has 0 aromatic heterocycles. The Kier molecular flexibility index (Phi) is 6.90. The number of urea groups is 1. The van der Waals surface area contributed by atoms with E-state index in [-0.39, 0.29) is 6.03 Å². The molecule has 1 fully saturated rings. The maximum Gasteiger partial charge on any atom is 0.317 e. The van der Waals surface area contributed by atoms with E-state index in [1.165, 1.54) is 5.69 Å². The lowest BCUT2D eigenvalue weighted by Crippen LogP contribution is -2.47. The van der Waals surface area contributed by atoms with Gasteiger partial charge in [0.1, 0.15) is 0 Å². The number of nitrogens with zero attached hydrogens (tertiary/aromatic N) is 2. The van der Waals surface area contributed by atoms with Crippen molar-refractivity contribution in [1.29, 1.82) is 0 Å². The van der Waals surface area contributed by atoms with E-state index in [9.17, 15) is 9.59 Å². The number of benzene rings is 1. The number of rotatable bonds is 7. The minimum absolute atomic E-state index is 0.141. The number of nitrogens with one attached hydrogen (secondary N) is 1. The summed E-state index contributed by atoms with van der Waals surface area (Å²) in [5.74, 6) is -1.24. The van der Waals surface area contributed by atoms with Gasteiger partial charge in [-0.1, -0.05) is 18.2 Å². The largest absolute Gasteiger partial charge is 0.481 e. The maximum absolute atomic E-state index is 12.1. The summed E-state index contributed by atoms with van der Waals surface area (Å²) in [5.41, 5.74) is 1.19. The van der Waals surface area contributed by atoms with Crippen LogP contribution in [0.3, 0.4) is 0 Å². The van der Waals surface area contributed by atoms with E-state index in [2.05, 4.69) is 29.4 Å². The number of carboxylic acids is 1. The van der Waals surface area contributed by atoms with Crippen LogP contribution in [0.25, 0.3) is 0 Å². The third-order valence-electron chi connectivity index (χ3n) is 4.45. The molecule has 24 heavy (non-hydrogen) atoms. The fraction of sp³-hybridized carbons (Fsp3) is 0.556. The van der Waals surface area contributed by atoms with Crippen LogP contribution in [0.5, 0.6) is 0 Å². The number of hydrogen-bond acceptors (Lipinski definition) is 3. The zero-order chi connectivity index (χ0) is 17.4. The van der Waals surface area contributed by atoms with Crippen molar-refractivity contribution in [3.63, 3.8) is 0 Å². The van der Waals surface area contributed by atoms with Crippen LogP contribution < -0.4 is 10.2 Å². The van der Waals surface area contributed by atoms with Crippen LogP contribution in [0.15, 0.2) is 30.3 Å². The van der Waals surface area contributed by atoms with Crippen molar-refractivity contribution in [3.8, 4) is 0 Å². The van der Waals surface area contributed by atoms with Crippen molar-refractivity contribution < 1.29 is 14.7 Å². The summed E-state index contributed by atoms with van der Waals surface area (Å²) in [5, 5.41) is 12.0. The summed E-state index contributed by atoms with van der Waals surface area (Å²) in [6.07, 6.45) is 3.31. The first-order valence-electron chi connectivity index (χ1n) is 8.59. The average molecular weight is 333 g/mol. The lowest BCUT2D eigenvalue weighted by Gasteiger charge is -2.30. The maximum atomic E-state index is 12.1. The number of para-hydroxylation sites is 1. The van der Waals surface area contributed by atoms with Crippen molar-refractivity contribution in [2.45, 2.75) is 25.7 Å². The third kappa shape index (κ3) is 5.44. The SMILES string of the molecule is CN(CCCCNC(=O)N1CCCC(C(=O)O)C1)c1ccccc1. The van der Waals surface area contributed by atoms with E-state index < -0.39 is 11.9 Å². The summed E-state index contributed by atoms with van der Waals surface area (Å²) < 4.78 is 0. The van der Waals surface area contributed by atoms with E-state index >= 15 is 0 Å². The fourth-order valence-electron chi connectivity index (χ4n) is 2.96. The van der Waals surface area contributed by atoms with Gasteiger partial charge in [-0.25, -0.2) is 4.79 Å². The molecule has 1 saturated heterocycles. The molecule has 6 heteroatoms. The zero-order valence-electron chi connectivity index (χ0n) is 14.3. The van der Waals surface area contributed by atoms with Gasteiger partial charge in [0.25, 0.3) is 0 Å². The molecule has 1 heterocycles. The molecule has 0 saturated carbocycles. The first-order chi connectivity index (χ1) is 11.6. The molecule has 1 aliphatic rings. The Morgan fingerprint density at radius 3 is 2.75 bits per heavy atom. The van der Waals surface area contributed by atoms with Crippen molar-refractivity contribution in [3.05, 3.63) is 30.3 Å². The van der Waals surface area contributed by atoms with E-state index in [0.29, 0.717) is 26.1 Å². The molecule has 1 aromatic carbocycles. The molecule has 0 spiro atoms. The normalized spacial score (nSPS) is 17.4. The molecule has 0 aliphatic carbocycles. The van der Waals surface area contributed by atoms with Crippen molar-refractivity contribution in [1.82, 2.24) is 10.2 Å². The molecule has 2 N–H and O–H groups in total. The molecule has 132 valence electrons. The Morgan fingerprint density at radius 2 is 2.04 bits per heavy atom. The van der Waals surface area contributed by atoms with E-state index in [0.717, 1.165) is 25.8 Å². The number of carboxylic acid groups (broad SMARTS) is 1. The minimum atomic E-state index is -0.809. The standard InChI is InChI=1S/C18H27N3O3/c1-20(16-9-3-2-4-10-16)12-6-5-11-19-18(24)21-13-7-8-15(14-21)17(22)23/h2-4,9-10,15H,5-8,11-14H2,1H3,(H,19,24)(H,22,23). The highest BCUT2D eigenvalue weighted by Gasteiger charge is 2.27. The first kappa shape index (κ1) is 18.1. The third-order valence-corrected chi connectivity index (χ3v) is 4.45. The highest BCUT2D eigenvalue weighted by Crippen LogP contribution is 2.16. The van der Waals surface area contributed by atoms with E-state index in [1.807, 2.05) is 18.2 Å². The Hall–Kier alpha value is -2.24. The van der Waals surface area contributed by atoms with Gasteiger partial charge in [0.15, 0.2) is 0 Å². The number of piperidine rings is 1. The number of hydrogen-bond donors (Lipinski definition) is 2. The number of anilines is 1. The summed E-state index contributed by atoms with van der Waals surface area (Å²) >= 11 is 0. The minimum Gasteiger partial charge on any atom is -0.481 e. The quantitative estimate of drug-likeness (QED) is 0.752. The van der Waals surface area contributed by atoms with Crippen molar-refractivity contribution in [2.75, 3.05) is 38.1 Å². The Morgan fingerprint density at radius 1 is 1.29 bits per heavy atom. The van der Waals surface area contributed by atoms with Gasteiger partial charge in [0.2, 0.25) is 0 Å². The number of unbranched alkanes of at least 4 members (excludes halogenated alkanes) is 1. The predicted octanol–water partition coefficient (Wildman–Crippen LogP) is 2.41. The molecule has 1 aliphatic heterocycles. The fourth-order valence-corrected chi connectivity index (χ4v) is 2.96. The predicted molar refractivity (Wildman–Crippen MR) is 94.3 cm³/mol. The second kappa shape index (κ2) is 9.15. The summed E-state index contributed by atoms with van der Waals surface area (Å²) in [4.78, 5) is 27.0. The summed E-state index contributed by atoms with van der Waals surface area (Å²) in [6.45, 7) is 2.52. The number of aliphatic carboxylic acids is 1. The van der Waals surface area contributed by atoms with Crippen molar-refractivity contribution in [2.24, 2.45) is 5.92 Å². The summed E-state index contributed by atoms with van der Waals surface area (Å²) in [7, 11) is 2.06. The first-order valence-corrected chi connectivity index (χ1v) is 8.59. The lowest BCUT2D eigenvalue weighted by atomic mass is 9.99. The highest BCUT2D eigenvalue weighted by molar-refractivity contribution is 5.76. The van der Waals surface area contributed by atoms with Crippen LogP contribution in [0.1, 0.15) is 25.7 Å². The van der Waals surface area contributed by atoms with Gasteiger partial charge in [0.05, 0.1) is 5.92 Å². The molecule has 1 unspecified atom stereocenters. The van der Waals surface area contributed by atoms with Gasteiger partial charge in [0, 0.05) is 38.9 Å². The van der Waals surface area contributed by atoms with Gasteiger partial charge >= 0.3 is 12.0 Å². The van der Waals surface area contributed by atoms with Gasteiger partial charge < -0.3 is 20.2 Å². The number of likely N-dealkylation sites (tertiary alicyclic amines) is 1. The molecule has 0 bridgehead atoms. The van der Waals surface area contributed by atoms with Crippen LogP contribution in [0.2, 0.25) is 0 Å². The molecule has 1 aromatic rings. The van der Waals surface area contributed by atoms with Gasteiger partial charge in [-0.15, -0.1) is 0 Å². The topological polar surface area (TPSA) is 72.9 Å². The number of carbonyl (C=O) groups is 2. The lowest BCUT2D eigenvalue weighted by molar-refractivity contribution is -0.143. The molecule has 1 atom stereocenters. The van der Waals surface area contributed by atoms with Crippen LogP contribution in [0.4, 0.5) is 10.5 Å². The van der Waals surface area contributed by atoms with E-state index in [4.69, 9.17) is 5.11 Å². The second-order valence-electron chi connectivity index (χ2n) is 6.32. The molecule has 6 nitrogen and oxygen atoms in total. The molecular formula is C18H27N3O3. The van der Waals surface area contributed by atoms with Gasteiger partial charge in [-0.3, -0.25) is 4.79 Å². The van der Waals surface area contributed by atoms with E-state index in [1.54, 1.807) is 4.90 Å². The zero-order valence-corrected chi connectivity index (χ0v) is 14.3. The number of carbonyl (C=O) groups excluding carboxylic acids is 1. The highest BCUT2D eigenvalue weighted by atomic mass is 16.4. The molecule has 0 radical (unpaired) electrons. The Labute approximate surface area is 143 Å². The monoisotopic (exact) mass is 333 g/mol. The summed E-state index contributed by atoms with van der Waals surface area (Å²) in [6, 6.07) is 10.1. The van der Waals surface area contributed by atoms with Crippen LogP contribution in [-0.2, 0) is 4.79 Å². The second-order valence-corrected chi connectivity index (χ2v) is 6.32. The Balaban J connectivity index is 1.62. The van der Waals surface area contributed by atoms with Gasteiger partial charge in [-0.05, 0) is 37.8 Å². The number of amides is 2. The van der Waals surface area contributed by atoms with Crippen molar-refractivity contribution >= 4 is 17.7 Å². The smallest absolute Gasteiger partial charge is 0.317 e. The van der Waals surface area contributed by atoms with Crippen LogP contribution >= 0.6 is 0 Å².